The number of guanidine groups is 1. The van der Waals surface area contributed by atoms with Gasteiger partial charge in [-0.2, -0.15) is 0 Å². The molecule has 0 saturated heterocycles. The molecule has 0 bridgehead atoms. The van der Waals surface area contributed by atoms with Crippen molar-refractivity contribution >= 4 is 33.9 Å². The van der Waals surface area contributed by atoms with Gasteiger partial charge in [0, 0.05) is 12.7 Å². The summed E-state index contributed by atoms with van der Waals surface area (Å²) in [6.07, 6.45) is 2.16. The number of aromatic nitrogens is 2. The van der Waals surface area contributed by atoms with Crippen molar-refractivity contribution in [2.24, 2.45) is 5.73 Å². The number of hydrogen-bond acceptors (Lipinski definition) is 7. The zero-order valence-corrected chi connectivity index (χ0v) is 18.4. The number of nitrogens with zero attached hydrogens (tertiary/aromatic N) is 1. The molecule has 178 valence electrons. The van der Waals surface area contributed by atoms with E-state index in [0.29, 0.717) is 24.8 Å². The van der Waals surface area contributed by atoms with E-state index < -0.39 is 51.2 Å². The van der Waals surface area contributed by atoms with E-state index in [9.17, 15) is 27.6 Å². The monoisotopic (exact) mass is 479 g/mol. The lowest BCUT2D eigenvalue weighted by Crippen LogP contribution is -2.41. The van der Waals surface area contributed by atoms with Crippen LogP contribution in [-0.4, -0.2) is 48.7 Å². The summed E-state index contributed by atoms with van der Waals surface area (Å²) in [4.78, 5) is 49.5. The Morgan fingerprint density at radius 3 is 2.58 bits per heavy atom. The molecule has 7 N–H and O–H groups in total. The standard InChI is InChI=1S/C19H25N7O6S/c20-18(21)22-8-4-7-14(11-27)23-16(28)10-26-9-15(17(29)24-19(26)30)25-33(31,32)12-13-5-2-1-3-6-13/h1-3,5-6,9,11,14,25H,4,7-8,10,12H2,(H,23,28)(H4,20,21,22)(H,24,29,30)/t14-/m0/s1. The van der Waals surface area contributed by atoms with Crippen molar-refractivity contribution in [2.75, 3.05) is 11.3 Å². The summed E-state index contributed by atoms with van der Waals surface area (Å²) in [6, 6.07) is 7.44. The first-order chi connectivity index (χ1) is 15.6. The van der Waals surface area contributed by atoms with Crippen molar-refractivity contribution in [1.82, 2.24) is 20.2 Å². The summed E-state index contributed by atoms with van der Waals surface area (Å²) in [7, 11) is -3.97. The van der Waals surface area contributed by atoms with E-state index in [0.717, 1.165) is 10.8 Å². The maximum absolute atomic E-state index is 12.4. The quantitative estimate of drug-likeness (QED) is 0.0903. The van der Waals surface area contributed by atoms with Gasteiger partial charge >= 0.3 is 5.69 Å². The van der Waals surface area contributed by atoms with E-state index in [1.165, 1.54) is 0 Å². The number of aldehydes is 1. The topological polar surface area (TPSA) is 209 Å². The molecule has 0 unspecified atom stereocenters. The van der Waals surface area contributed by atoms with Crippen LogP contribution in [0.2, 0.25) is 0 Å². The van der Waals surface area contributed by atoms with E-state index in [-0.39, 0.29) is 12.4 Å². The number of aromatic amines is 1. The summed E-state index contributed by atoms with van der Waals surface area (Å²) in [5.41, 5.74) is 3.33. The van der Waals surface area contributed by atoms with Gasteiger partial charge in [0.2, 0.25) is 15.9 Å². The average Bonchev–Trinajstić information content (AvgIpc) is 2.73. The normalized spacial score (nSPS) is 11.9. The number of anilines is 1. The predicted octanol–water partition coefficient (Wildman–Crippen LogP) is -1.57. The second kappa shape index (κ2) is 11.6. The third-order valence-corrected chi connectivity index (χ3v) is 5.55. The van der Waals surface area contributed by atoms with Gasteiger partial charge in [-0.3, -0.25) is 29.3 Å². The van der Waals surface area contributed by atoms with Crippen LogP contribution in [0.4, 0.5) is 5.69 Å². The largest absolute Gasteiger partial charge is 0.370 e. The van der Waals surface area contributed by atoms with Gasteiger partial charge in [0.15, 0.2) is 5.96 Å². The van der Waals surface area contributed by atoms with Crippen LogP contribution in [0.15, 0.2) is 46.1 Å². The van der Waals surface area contributed by atoms with E-state index in [1.807, 2.05) is 4.98 Å². The van der Waals surface area contributed by atoms with Gasteiger partial charge in [-0.15, -0.1) is 0 Å². The second-order valence-corrected chi connectivity index (χ2v) is 8.79. The van der Waals surface area contributed by atoms with Crippen molar-refractivity contribution in [1.29, 1.82) is 5.41 Å². The zero-order chi connectivity index (χ0) is 24.4. The molecule has 1 amide bonds. The molecule has 0 spiro atoms. The van der Waals surface area contributed by atoms with Crippen LogP contribution in [0.3, 0.4) is 0 Å². The molecule has 0 radical (unpaired) electrons. The van der Waals surface area contributed by atoms with Crippen molar-refractivity contribution < 1.29 is 18.0 Å². The van der Waals surface area contributed by atoms with E-state index in [1.54, 1.807) is 30.3 Å². The molecule has 0 fully saturated rings. The van der Waals surface area contributed by atoms with Crippen LogP contribution in [0, 0.1) is 5.41 Å². The molecule has 1 aromatic heterocycles. The van der Waals surface area contributed by atoms with Gasteiger partial charge in [0.05, 0.1) is 11.8 Å². The Hall–Kier alpha value is -3.94. The minimum absolute atomic E-state index is 0.214. The molecule has 13 nitrogen and oxygen atoms in total. The Balaban J connectivity index is 2.05. The fraction of sp³-hybridized carbons (Fsp3) is 0.316. The minimum atomic E-state index is -3.97. The zero-order valence-electron chi connectivity index (χ0n) is 17.5. The lowest BCUT2D eigenvalue weighted by molar-refractivity contribution is -0.124. The van der Waals surface area contributed by atoms with Gasteiger partial charge < -0.3 is 21.2 Å². The third kappa shape index (κ3) is 8.60. The number of carbonyl (C=O) groups is 2. The molecule has 2 aromatic rings. The molecule has 1 atom stereocenters. The summed E-state index contributed by atoms with van der Waals surface area (Å²) in [5, 5.41) is 12.1. The van der Waals surface area contributed by atoms with Crippen molar-refractivity contribution in [3.05, 3.63) is 62.9 Å². The van der Waals surface area contributed by atoms with Gasteiger partial charge in [-0.25, -0.2) is 13.2 Å². The highest BCUT2D eigenvalue weighted by Gasteiger charge is 2.17. The number of nitrogens with one attached hydrogen (secondary N) is 5. The number of sulfonamides is 1. The molecule has 0 aliphatic rings. The van der Waals surface area contributed by atoms with Crippen LogP contribution in [0.1, 0.15) is 18.4 Å². The van der Waals surface area contributed by atoms with E-state index >= 15 is 0 Å². The number of nitrogens with two attached hydrogens (primary N) is 1. The molecule has 1 aromatic carbocycles. The lowest BCUT2D eigenvalue weighted by Gasteiger charge is -2.14. The highest BCUT2D eigenvalue weighted by molar-refractivity contribution is 7.91. The highest BCUT2D eigenvalue weighted by Crippen LogP contribution is 2.08. The molecular formula is C19H25N7O6S. The number of rotatable bonds is 12. The number of hydrogen-bond donors (Lipinski definition) is 6. The molecular weight excluding hydrogens is 454 g/mol. The second-order valence-electron chi connectivity index (χ2n) is 7.07. The minimum Gasteiger partial charge on any atom is -0.370 e. The van der Waals surface area contributed by atoms with Crippen molar-refractivity contribution in [3.63, 3.8) is 0 Å². The number of amides is 1. The van der Waals surface area contributed by atoms with Gasteiger partial charge in [0.25, 0.3) is 5.56 Å². The first-order valence-corrected chi connectivity index (χ1v) is 11.5. The van der Waals surface area contributed by atoms with Crippen molar-refractivity contribution in [3.8, 4) is 0 Å². The summed E-state index contributed by atoms with van der Waals surface area (Å²) in [5.74, 6) is -1.31. The smallest absolute Gasteiger partial charge is 0.328 e. The molecule has 33 heavy (non-hydrogen) atoms. The van der Waals surface area contributed by atoms with Crippen LogP contribution in [0.25, 0.3) is 0 Å². The highest BCUT2D eigenvalue weighted by atomic mass is 32.2. The predicted molar refractivity (Wildman–Crippen MR) is 121 cm³/mol. The summed E-state index contributed by atoms with van der Waals surface area (Å²) in [6.45, 7) is -0.222. The van der Waals surface area contributed by atoms with Gasteiger partial charge in [-0.05, 0) is 18.4 Å². The van der Waals surface area contributed by atoms with Crippen LogP contribution in [-0.2, 0) is 31.9 Å². The van der Waals surface area contributed by atoms with Crippen LogP contribution in [0.5, 0.6) is 0 Å². The van der Waals surface area contributed by atoms with Gasteiger partial charge in [0.1, 0.15) is 18.5 Å². The molecule has 14 heteroatoms. The third-order valence-electron chi connectivity index (χ3n) is 4.31. The van der Waals surface area contributed by atoms with Crippen LogP contribution >= 0.6 is 0 Å². The molecule has 0 aliphatic carbocycles. The SMILES string of the molecule is N=C(N)NCCC[C@@H](C=O)NC(=O)Cn1cc(NS(=O)(=O)Cc2ccccc2)c(=O)[nH]c1=O. The fourth-order valence-corrected chi connectivity index (χ4v) is 4.01. The Labute approximate surface area is 189 Å². The lowest BCUT2D eigenvalue weighted by atomic mass is 10.1. The van der Waals surface area contributed by atoms with E-state index in [4.69, 9.17) is 11.1 Å². The maximum atomic E-state index is 12.4. The summed E-state index contributed by atoms with van der Waals surface area (Å²) >= 11 is 0. The molecule has 0 saturated carbocycles. The van der Waals surface area contributed by atoms with E-state index in [2.05, 4.69) is 15.4 Å². The van der Waals surface area contributed by atoms with Gasteiger partial charge in [-0.1, -0.05) is 30.3 Å². The Morgan fingerprint density at radius 1 is 1.24 bits per heavy atom. The maximum Gasteiger partial charge on any atom is 0.328 e. The summed E-state index contributed by atoms with van der Waals surface area (Å²) < 4.78 is 27.7. The average molecular weight is 480 g/mol. The molecule has 1 heterocycles. The number of carbonyl (C=O) groups excluding carboxylic acids is 2. The Kier molecular flexibility index (Phi) is 8.91. The first-order valence-electron chi connectivity index (χ1n) is 9.80. The fourth-order valence-electron chi connectivity index (χ4n) is 2.82. The van der Waals surface area contributed by atoms with Crippen LogP contribution < -0.4 is 32.3 Å². The van der Waals surface area contributed by atoms with Crippen molar-refractivity contribution in [2.45, 2.75) is 31.2 Å². The number of benzene rings is 1. The molecule has 2 rings (SSSR count). The Morgan fingerprint density at radius 2 is 1.94 bits per heavy atom. The first kappa shape index (κ1) is 25.3. The number of H-pyrrole nitrogens is 1. The molecule has 0 aliphatic heterocycles. The Bertz CT molecular complexity index is 1210.